The Morgan fingerprint density at radius 1 is 0.944 bits per heavy atom. The van der Waals surface area contributed by atoms with E-state index in [9.17, 15) is 0 Å². The Labute approximate surface area is 106 Å². The molecule has 0 bridgehead atoms. The van der Waals surface area contributed by atoms with Gasteiger partial charge in [-0.3, -0.25) is 0 Å². The molecule has 3 aromatic carbocycles. The predicted molar refractivity (Wildman–Crippen MR) is 76.0 cm³/mol. The van der Waals surface area contributed by atoms with Crippen LogP contribution in [0.3, 0.4) is 0 Å². The molecule has 0 aliphatic heterocycles. The van der Waals surface area contributed by atoms with Crippen molar-refractivity contribution in [1.29, 1.82) is 0 Å². The Morgan fingerprint density at radius 2 is 1.50 bits per heavy atom. The first-order valence-electron chi connectivity index (χ1n) is 5.96. The van der Waals surface area contributed by atoms with Gasteiger partial charge in [-0.05, 0) is 16.8 Å². The van der Waals surface area contributed by atoms with Crippen molar-refractivity contribution in [2.75, 3.05) is 6.61 Å². The van der Waals surface area contributed by atoms with E-state index >= 15 is 0 Å². The van der Waals surface area contributed by atoms with Crippen molar-refractivity contribution in [3.63, 3.8) is 0 Å². The zero-order valence-electron chi connectivity index (χ0n) is 10.0. The van der Waals surface area contributed by atoms with Crippen LogP contribution in [0.1, 0.15) is 0 Å². The summed E-state index contributed by atoms with van der Waals surface area (Å²) in [4.78, 5) is 0. The molecule has 0 aliphatic carbocycles. The summed E-state index contributed by atoms with van der Waals surface area (Å²) in [5.41, 5.74) is 0. The van der Waals surface area contributed by atoms with Gasteiger partial charge in [-0.25, -0.2) is 0 Å². The van der Waals surface area contributed by atoms with Gasteiger partial charge in [0.25, 0.3) is 0 Å². The van der Waals surface area contributed by atoms with Crippen LogP contribution in [0.2, 0.25) is 0 Å². The summed E-state index contributed by atoms with van der Waals surface area (Å²) in [6.07, 6.45) is 1.76. The minimum Gasteiger partial charge on any atom is -0.488 e. The lowest BCUT2D eigenvalue weighted by Gasteiger charge is -2.11. The van der Waals surface area contributed by atoms with Gasteiger partial charge < -0.3 is 4.74 Å². The first-order valence-corrected chi connectivity index (χ1v) is 5.96. The van der Waals surface area contributed by atoms with Crippen molar-refractivity contribution in [1.82, 2.24) is 0 Å². The van der Waals surface area contributed by atoms with E-state index < -0.39 is 0 Å². The van der Waals surface area contributed by atoms with E-state index in [-0.39, 0.29) is 0 Å². The maximum absolute atomic E-state index is 5.84. The Balaban J connectivity index is 2.37. The van der Waals surface area contributed by atoms with E-state index in [4.69, 9.17) is 4.74 Å². The lowest BCUT2D eigenvalue weighted by Crippen LogP contribution is -1.95. The minimum absolute atomic E-state index is 0.512. The summed E-state index contributed by atoms with van der Waals surface area (Å²) in [6.45, 7) is 4.21. The third-order valence-corrected chi connectivity index (χ3v) is 2.96. The standard InChI is InChI=1S/C17H13O/c1-2-11-18-17-15-9-5-3-7-13(15)12-14-8-4-6-10-16(14)17/h2-10H,1,11H2. The van der Waals surface area contributed by atoms with E-state index in [1.54, 1.807) is 6.08 Å². The molecule has 0 heterocycles. The van der Waals surface area contributed by atoms with Crippen molar-refractivity contribution in [3.05, 3.63) is 67.3 Å². The molecule has 0 spiro atoms. The molecular formula is C17H13O. The highest BCUT2D eigenvalue weighted by molar-refractivity contribution is 6.04. The Kier molecular flexibility index (Phi) is 2.73. The van der Waals surface area contributed by atoms with Crippen LogP contribution in [-0.2, 0) is 0 Å². The molecule has 0 N–H and O–H groups in total. The van der Waals surface area contributed by atoms with Gasteiger partial charge in [0, 0.05) is 10.8 Å². The first-order chi connectivity index (χ1) is 8.90. The minimum atomic E-state index is 0.512. The molecule has 0 atom stereocenters. The highest BCUT2D eigenvalue weighted by atomic mass is 16.5. The Morgan fingerprint density at radius 3 is 2.06 bits per heavy atom. The molecule has 3 aromatic rings. The van der Waals surface area contributed by atoms with Crippen molar-refractivity contribution in [2.45, 2.75) is 0 Å². The summed E-state index contributed by atoms with van der Waals surface area (Å²) in [5.74, 6) is 0.917. The van der Waals surface area contributed by atoms with E-state index in [0.29, 0.717) is 6.61 Å². The summed E-state index contributed by atoms with van der Waals surface area (Å²) in [7, 11) is 0. The highest BCUT2D eigenvalue weighted by Gasteiger charge is 2.07. The van der Waals surface area contributed by atoms with Crippen LogP contribution in [0.25, 0.3) is 21.5 Å². The molecule has 0 saturated heterocycles. The number of rotatable bonds is 3. The number of benzene rings is 3. The number of fused-ring (bicyclic) bond motifs is 2. The zero-order chi connectivity index (χ0) is 12.4. The zero-order valence-corrected chi connectivity index (χ0v) is 10.0. The number of ether oxygens (including phenoxy) is 1. The largest absolute Gasteiger partial charge is 0.488 e. The molecule has 3 rings (SSSR count). The topological polar surface area (TPSA) is 9.23 Å². The van der Waals surface area contributed by atoms with Crippen molar-refractivity contribution in [3.8, 4) is 5.75 Å². The quantitative estimate of drug-likeness (QED) is 0.482. The molecule has 1 radical (unpaired) electrons. The summed E-state index contributed by atoms with van der Waals surface area (Å²) in [6, 6.07) is 19.7. The molecule has 87 valence electrons. The molecular weight excluding hydrogens is 220 g/mol. The molecule has 0 aliphatic rings. The van der Waals surface area contributed by atoms with Gasteiger partial charge in [-0.1, -0.05) is 61.2 Å². The van der Waals surface area contributed by atoms with Crippen LogP contribution in [0.15, 0.2) is 61.2 Å². The van der Waals surface area contributed by atoms with Crippen molar-refractivity contribution in [2.24, 2.45) is 0 Å². The third kappa shape index (κ3) is 1.74. The SMILES string of the molecule is C=CCOc1c2ccccc2[c]c2ccccc12. The van der Waals surface area contributed by atoms with Crippen LogP contribution in [-0.4, -0.2) is 6.61 Å². The van der Waals surface area contributed by atoms with Gasteiger partial charge in [-0.2, -0.15) is 0 Å². The van der Waals surface area contributed by atoms with E-state index in [1.165, 1.54) is 0 Å². The molecule has 0 saturated carbocycles. The summed E-state index contributed by atoms with van der Waals surface area (Å²) in [5, 5.41) is 4.35. The second kappa shape index (κ2) is 4.53. The van der Waals surface area contributed by atoms with Gasteiger partial charge in [0.15, 0.2) is 0 Å². The van der Waals surface area contributed by atoms with Crippen LogP contribution in [0.4, 0.5) is 0 Å². The Bertz CT molecular complexity index is 659. The average molecular weight is 233 g/mol. The van der Waals surface area contributed by atoms with Crippen LogP contribution in [0.5, 0.6) is 5.75 Å². The van der Waals surface area contributed by atoms with Crippen LogP contribution >= 0.6 is 0 Å². The van der Waals surface area contributed by atoms with E-state index in [1.807, 2.05) is 24.3 Å². The molecule has 0 fully saturated rings. The first kappa shape index (κ1) is 10.8. The molecule has 1 nitrogen and oxygen atoms in total. The molecule has 0 amide bonds. The summed E-state index contributed by atoms with van der Waals surface area (Å²) >= 11 is 0. The van der Waals surface area contributed by atoms with Gasteiger partial charge in [-0.15, -0.1) is 0 Å². The average Bonchev–Trinajstić information content (AvgIpc) is 2.43. The van der Waals surface area contributed by atoms with Crippen molar-refractivity contribution >= 4 is 21.5 Å². The maximum Gasteiger partial charge on any atom is 0.135 e. The van der Waals surface area contributed by atoms with E-state index in [0.717, 1.165) is 27.3 Å². The van der Waals surface area contributed by atoms with Crippen LogP contribution in [0, 0.1) is 6.07 Å². The second-order valence-electron chi connectivity index (χ2n) is 4.14. The van der Waals surface area contributed by atoms with Crippen molar-refractivity contribution < 1.29 is 4.74 Å². The highest BCUT2D eigenvalue weighted by Crippen LogP contribution is 2.34. The molecule has 18 heavy (non-hydrogen) atoms. The van der Waals surface area contributed by atoms with Gasteiger partial charge in [0.2, 0.25) is 0 Å². The fourth-order valence-corrected chi connectivity index (χ4v) is 2.17. The predicted octanol–water partition coefficient (Wildman–Crippen LogP) is 4.36. The lowest BCUT2D eigenvalue weighted by molar-refractivity contribution is 0.372. The number of hydrogen-bond donors (Lipinski definition) is 0. The smallest absolute Gasteiger partial charge is 0.135 e. The molecule has 1 heteroatoms. The van der Waals surface area contributed by atoms with Crippen LogP contribution < -0.4 is 4.74 Å². The molecule has 0 aromatic heterocycles. The van der Waals surface area contributed by atoms with Gasteiger partial charge in [0.05, 0.1) is 0 Å². The lowest BCUT2D eigenvalue weighted by atomic mass is 10.0. The van der Waals surface area contributed by atoms with E-state index in [2.05, 4.69) is 36.9 Å². The van der Waals surface area contributed by atoms with Gasteiger partial charge >= 0.3 is 0 Å². The fourth-order valence-electron chi connectivity index (χ4n) is 2.17. The monoisotopic (exact) mass is 233 g/mol. The Hall–Kier alpha value is -2.28. The number of hydrogen-bond acceptors (Lipinski definition) is 1. The third-order valence-electron chi connectivity index (χ3n) is 2.96. The molecule has 0 unspecified atom stereocenters. The van der Waals surface area contributed by atoms with Gasteiger partial charge in [0.1, 0.15) is 12.4 Å². The summed E-state index contributed by atoms with van der Waals surface area (Å²) < 4.78 is 5.84. The second-order valence-corrected chi connectivity index (χ2v) is 4.14. The normalized spacial score (nSPS) is 10.7. The fraction of sp³-hybridized carbons (Fsp3) is 0.0588. The maximum atomic E-state index is 5.84.